The number of nitrogens with one attached hydrogen (secondary N) is 1. The van der Waals surface area contributed by atoms with Gasteiger partial charge in [-0.05, 0) is 81.6 Å². The van der Waals surface area contributed by atoms with Gasteiger partial charge in [0.2, 0.25) is 11.8 Å². The van der Waals surface area contributed by atoms with Gasteiger partial charge in [0, 0.05) is 17.6 Å². The highest BCUT2D eigenvalue weighted by molar-refractivity contribution is 7.92. The Balaban J connectivity index is 1.98. The smallest absolute Gasteiger partial charge is 0.264 e. The van der Waals surface area contributed by atoms with Gasteiger partial charge in [-0.25, -0.2) is 8.42 Å². The molecule has 3 aromatic carbocycles. The molecule has 1 N–H and O–H groups in total. The number of amides is 2. The van der Waals surface area contributed by atoms with Crippen LogP contribution < -0.4 is 9.62 Å². The van der Waals surface area contributed by atoms with E-state index in [4.69, 9.17) is 11.6 Å². The van der Waals surface area contributed by atoms with E-state index in [0.29, 0.717) is 17.1 Å². The second-order valence-corrected chi connectivity index (χ2v) is 11.8. The van der Waals surface area contributed by atoms with Crippen molar-refractivity contribution in [1.29, 1.82) is 0 Å². The molecule has 3 aromatic rings. The van der Waals surface area contributed by atoms with E-state index in [0.717, 1.165) is 15.4 Å². The van der Waals surface area contributed by atoms with E-state index in [9.17, 15) is 18.0 Å². The van der Waals surface area contributed by atoms with Crippen LogP contribution in [0.15, 0.2) is 83.8 Å². The zero-order valence-electron chi connectivity index (χ0n) is 22.1. The summed E-state index contributed by atoms with van der Waals surface area (Å²) in [5.41, 5.74) is 2.21. The molecule has 0 spiro atoms. The molecule has 7 nitrogen and oxygen atoms in total. The molecule has 0 radical (unpaired) electrons. The average Bonchev–Trinajstić information content (AvgIpc) is 2.87. The lowest BCUT2D eigenvalue weighted by Crippen LogP contribution is -2.53. The first-order valence-corrected chi connectivity index (χ1v) is 14.3. The zero-order chi connectivity index (χ0) is 27.9. The van der Waals surface area contributed by atoms with Gasteiger partial charge in [0.1, 0.15) is 12.6 Å². The Bertz CT molecular complexity index is 1350. The average molecular weight is 556 g/mol. The summed E-state index contributed by atoms with van der Waals surface area (Å²) in [6.07, 6.45) is 0.514. The molecule has 0 fully saturated rings. The van der Waals surface area contributed by atoms with Crippen molar-refractivity contribution < 1.29 is 18.0 Å². The molecule has 2 amide bonds. The maximum atomic E-state index is 13.8. The molecule has 9 heteroatoms. The molecule has 0 aliphatic carbocycles. The molecule has 202 valence electrons. The molecule has 0 aromatic heterocycles. The highest BCUT2D eigenvalue weighted by Crippen LogP contribution is 2.26. The minimum absolute atomic E-state index is 0.0117. The fourth-order valence-electron chi connectivity index (χ4n) is 4.02. The highest BCUT2D eigenvalue weighted by atomic mass is 35.5. The Labute approximate surface area is 230 Å². The Kier molecular flexibility index (Phi) is 9.94. The summed E-state index contributed by atoms with van der Waals surface area (Å²) in [7, 11) is -4.12. The summed E-state index contributed by atoms with van der Waals surface area (Å²) in [5.74, 6) is -0.782. The molecule has 0 unspecified atom stereocenters. The monoisotopic (exact) mass is 555 g/mol. The molecule has 3 rings (SSSR count). The van der Waals surface area contributed by atoms with E-state index in [-0.39, 0.29) is 23.4 Å². The lowest BCUT2D eigenvalue weighted by molar-refractivity contribution is -0.139. The molecular weight excluding hydrogens is 522 g/mol. The third kappa shape index (κ3) is 7.58. The Morgan fingerprint density at radius 3 is 2.18 bits per heavy atom. The number of hydrogen-bond donors (Lipinski definition) is 1. The lowest BCUT2D eigenvalue weighted by Gasteiger charge is -2.32. The molecule has 38 heavy (non-hydrogen) atoms. The Morgan fingerprint density at radius 2 is 1.58 bits per heavy atom. The molecular formula is C29H34ClN3O4S. The third-order valence-electron chi connectivity index (χ3n) is 6.05. The number of sulfonamides is 1. The van der Waals surface area contributed by atoms with Crippen molar-refractivity contribution in [1.82, 2.24) is 10.2 Å². The standard InChI is InChI=1S/C29H34ClN3O4S/c1-21(2)31-29(35)23(4)32(18-17-24-10-6-5-7-11-24)28(34)20-33(26-12-8-9-22(3)19-26)38(36,37)27-15-13-25(30)14-16-27/h5-16,19,21,23H,17-18,20H2,1-4H3,(H,31,35)/t23-/m1/s1. The third-order valence-corrected chi connectivity index (χ3v) is 8.09. The first-order chi connectivity index (χ1) is 18.0. The van der Waals surface area contributed by atoms with Crippen molar-refractivity contribution in [3.05, 3.63) is 95.0 Å². The normalized spacial score (nSPS) is 12.2. The zero-order valence-corrected chi connectivity index (χ0v) is 23.7. The van der Waals surface area contributed by atoms with E-state index in [1.165, 1.54) is 29.2 Å². The van der Waals surface area contributed by atoms with Crippen molar-refractivity contribution in [2.24, 2.45) is 0 Å². The summed E-state index contributed by atoms with van der Waals surface area (Å²) in [6.45, 7) is 6.98. The maximum absolute atomic E-state index is 13.8. The van der Waals surface area contributed by atoms with Crippen LogP contribution in [0.25, 0.3) is 0 Å². The van der Waals surface area contributed by atoms with Crippen molar-refractivity contribution >= 4 is 39.1 Å². The summed E-state index contributed by atoms with van der Waals surface area (Å²) >= 11 is 5.98. The number of nitrogens with zero attached hydrogens (tertiary/aromatic N) is 2. The number of anilines is 1. The van der Waals surface area contributed by atoms with Gasteiger partial charge in [-0.15, -0.1) is 0 Å². The number of aryl methyl sites for hydroxylation is 1. The van der Waals surface area contributed by atoms with Crippen LogP contribution in [0, 0.1) is 6.92 Å². The van der Waals surface area contributed by atoms with Crippen LogP contribution in [-0.2, 0) is 26.0 Å². The van der Waals surface area contributed by atoms with Crippen LogP contribution >= 0.6 is 11.6 Å². The first kappa shape index (κ1) is 29.2. The fourth-order valence-corrected chi connectivity index (χ4v) is 5.55. The molecule has 0 saturated heterocycles. The first-order valence-electron chi connectivity index (χ1n) is 12.5. The van der Waals surface area contributed by atoms with Gasteiger partial charge < -0.3 is 10.2 Å². The van der Waals surface area contributed by atoms with Gasteiger partial charge in [-0.3, -0.25) is 13.9 Å². The van der Waals surface area contributed by atoms with E-state index in [1.54, 1.807) is 25.1 Å². The topological polar surface area (TPSA) is 86.8 Å². The van der Waals surface area contributed by atoms with Crippen LogP contribution in [0.2, 0.25) is 5.02 Å². The molecule has 0 heterocycles. The number of carbonyl (C=O) groups excluding carboxylic acids is 2. The van der Waals surface area contributed by atoms with Crippen LogP contribution in [0.4, 0.5) is 5.69 Å². The van der Waals surface area contributed by atoms with Crippen molar-refractivity contribution in [3.63, 3.8) is 0 Å². The van der Waals surface area contributed by atoms with Gasteiger partial charge >= 0.3 is 0 Å². The molecule has 0 aliphatic heterocycles. The minimum Gasteiger partial charge on any atom is -0.352 e. The fraction of sp³-hybridized carbons (Fsp3) is 0.310. The van der Waals surface area contributed by atoms with Gasteiger partial charge in [0.05, 0.1) is 10.6 Å². The van der Waals surface area contributed by atoms with Crippen molar-refractivity contribution in [2.75, 3.05) is 17.4 Å². The quantitative estimate of drug-likeness (QED) is 0.367. The molecule has 0 aliphatic rings. The number of rotatable bonds is 11. The van der Waals surface area contributed by atoms with E-state index in [1.807, 2.05) is 57.2 Å². The number of carbonyl (C=O) groups is 2. The largest absolute Gasteiger partial charge is 0.352 e. The summed E-state index contributed by atoms with van der Waals surface area (Å²) in [4.78, 5) is 28.2. The summed E-state index contributed by atoms with van der Waals surface area (Å²) in [5, 5.41) is 3.25. The maximum Gasteiger partial charge on any atom is 0.264 e. The molecule has 1 atom stereocenters. The SMILES string of the molecule is Cc1cccc(N(CC(=O)N(CCc2ccccc2)[C@H](C)C(=O)NC(C)C)S(=O)(=O)c2ccc(Cl)cc2)c1. The Hall–Kier alpha value is -3.36. The number of hydrogen-bond acceptors (Lipinski definition) is 4. The highest BCUT2D eigenvalue weighted by Gasteiger charge is 2.32. The number of halogens is 1. The second kappa shape index (κ2) is 12.9. The van der Waals surface area contributed by atoms with Crippen LogP contribution in [0.3, 0.4) is 0 Å². The minimum atomic E-state index is -4.12. The lowest BCUT2D eigenvalue weighted by atomic mass is 10.1. The van der Waals surface area contributed by atoms with E-state index >= 15 is 0 Å². The predicted molar refractivity (Wildman–Crippen MR) is 152 cm³/mol. The summed E-state index contributed by atoms with van der Waals surface area (Å²) < 4.78 is 28.6. The molecule has 0 saturated carbocycles. The van der Waals surface area contributed by atoms with Gasteiger partial charge in [0.25, 0.3) is 10.0 Å². The van der Waals surface area contributed by atoms with E-state index < -0.39 is 28.5 Å². The summed E-state index contributed by atoms with van der Waals surface area (Å²) in [6, 6.07) is 21.5. The van der Waals surface area contributed by atoms with Crippen LogP contribution in [-0.4, -0.2) is 50.3 Å². The van der Waals surface area contributed by atoms with Crippen molar-refractivity contribution in [2.45, 2.75) is 51.1 Å². The second-order valence-electron chi connectivity index (χ2n) is 9.47. The predicted octanol–water partition coefficient (Wildman–Crippen LogP) is 4.83. The van der Waals surface area contributed by atoms with Gasteiger partial charge in [0.15, 0.2) is 0 Å². The van der Waals surface area contributed by atoms with Gasteiger partial charge in [-0.1, -0.05) is 54.1 Å². The van der Waals surface area contributed by atoms with Crippen LogP contribution in [0.5, 0.6) is 0 Å². The number of benzene rings is 3. The van der Waals surface area contributed by atoms with Crippen molar-refractivity contribution in [3.8, 4) is 0 Å². The molecule has 0 bridgehead atoms. The van der Waals surface area contributed by atoms with E-state index in [2.05, 4.69) is 5.32 Å². The van der Waals surface area contributed by atoms with Gasteiger partial charge in [-0.2, -0.15) is 0 Å². The Morgan fingerprint density at radius 1 is 0.921 bits per heavy atom. The van der Waals surface area contributed by atoms with Crippen LogP contribution in [0.1, 0.15) is 31.9 Å².